The summed E-state index contributed by atoms with van der Waals surface area (Å²) < 4.78 is 10.6. The van der Waals surface area contributed by atoms with Crippen LogP contribution in [0.3, 0.4) is 0 Å². The second-order valence-electron chi connectivity index (χ2n) is 6.58. The molecule has 0 saturated carbocycles. The standard InChI is InChI=1S/C20H21N3O4S/c1-9-6-11(3)13(7-10(9)2)16(24)12(4)27-19(25)15-8-14-17(26-5)22-20(21)23-18(14)28-15/h6-8,12H,1-5H3,(H2,21,22,23). The van der Waals surface area contributed by atoms with Crippen molar-refractivity contribution in [3.8, 4) is 5.88 Å². The fourth-order valence-corrected chi connectivity index (χ4v) is 3.80. The highest BCUT2D eigenvalue weighted by atomic mass is 32.1. The topological polar surface area (TPSA) is 104 Å². The number of ether oxygens (including phenoxy) is 2. The van der Waals surface area contributed by atoms with Gasteiger partial charge in [0.05, 0.1) is 12.5 Å². The van der Waals surface area contributed by atoms with Gasteiger partial charge in [0.2, 0.25) is 17.6 Å². The molecule has 0 amide bonds. The van der Waals surface area contributed by atoms with Gasteiger partial charge < -0.3 is 15.2 Å². The molecule has 7 nitrogen and oxygen atoms in total. The minimum Gasteiger partial charge on any atom is -0.480 e. The van der Waals surface area contributed by atoms with E-state index in [-0.39, 0.29) is 17.6 Å². The average molecular weight is 399 g/mol. The van der Waals surface area contributed by atoms with Gasteiger partial charge in [-0.05, 0) is 56.5 Å². The van der Waals surface area contributed by atoms with Crippen molar-refractivity contribution in [2.75, 3.05) is 12.8 Å². The normalized spacial score (nSPS) is 12.0. The Morgan fingerprint density at radius 3 is 2.43 bits per heavy atom. The molecule has 3 rings (SSSR count). The lowest BCUT2D eigenvalue weighted by molar-refractivity contribution is 0.0323. The Hall–Kier alpha value is -3.00. The summed E-state index contributed by atoms with van der Waals surface area (Å²) in [6, 6.07) is 5.37. The van der Waals surface area contributed by atoms with Gasteiger partial charge in [-0.2, -0.15) is 4.98 Å². The number of carbonyl (C=O) groups is 2. The van der Waals surface area contributed by atoms with Crippen LogP contribution in [0.25, 0.3) is 10.2 Å². The molecule has 0 aliphatic rings. The lowest BCUT2D eigenvalue weighted by atomic mass is 9.96. The monoisotopic (exact) mass is 399 g/mol. The molecule has 0 fully saturated rings. The van der Waals surface area contributed by atoms with E-state index < -0.39 is 12.1 Å². The number of methoxy groups -OCH3 is 1. The number of esters is 1. The van der Waals surface area contributed by atoms with Gasteiger partial charge in [0, 0.05) is 5.56 Å². The second kappa shape index (κ2) is 7.55. The van der Waals surface area contributed by atoms with Crippen molar-refractivity contribution in [1.82, 2.24) is 9.97 Å². The molecule has 1 atom stereocenters. The Morgan fingerprint density at radius 1 is 1.07 bits per heavy atom. The van der Waals surface area contributed by atoms with Crippen molar-refractivity contribution in [1.29, 1.82) is 0 Å². The van der Waals surface area contributed by atoms with E-state index in [4.69, 9.17) is 15.2 Å². The number of hydrogen-bond donors (Lipinski definition) is 1. The van der Waals surface area contributed by atoms with E-state index in [0.29, 0.717) is 20.7 Å². The van der Waals surface area contributed by atoms with E-state index >= 15 is 0 Å². The van der Waals surface area contributed by atoms with Crippen LogP contribution in [0.5, 0.6) is 5.88 Å². The maximum Gasteiger partial charge on any atom is 0.349 e. The Labute approximate surface area is 166 Å². The SMILES string of the molecule is COc1nc(N)nc2sc(C(=O)OC(C)C(=O)c3cc(C)c(C)cc3C)cc12. The van der Waals surface area contributed by atoms with Crippen molar-refractivity contribution < 1.29 is 19.1 Å². The van der Waals surface area contributed by atoms with Gasteiger partial charge in [0.25, 0.3) is 0 Å². The molecule has 0 aliphatic carbocycles. The van der Waals surface area contributed by atoms with Crippen molar-refractivity contribution in [2.24, 2.45) is 0 Å². The second-order valence-corrected chi connectivity index (χ2v) is 7.61. The summed E-state index contributed by atoms with van der Waals surface area (Å²) in [5, 5.41) is 0.567. The van der Waals surface area contributed by atoms with Gasteiger partial charge in [-0.15, -0.1) is 11.3 Å². The molecule has 0 saturated heterocycles. The van der Waals surface area contributed by atoms with E-state index in [2.05, 4.69) is 9.97 Å². The van der Waals surface area contributed by atoms with Crippen LogP contribution >= 0.6 is 11.3 Å². The first-order valence-electron chi connectivity index (χ1n) is 8.65. The van der Waals surface area contributed by atoms with Crippen molar-refractivity contribution in [2.45, 2.75) is 33.8 Å². The third kappa shape index (κ3) is 3.68. The van der Waals surface area contributed by atoms with E-state index in [9.17, 15) is 9.59 Å². The number of thiophene rings is 1. The molecular weight excluding hydrogens is 378 g/mol. The van der Waals surface area contributed by atoms with Crippen molar-refractivity contribution >= 4 is 39.3 Å². The van der Waals surface area contributed by atoms with Gasteiger partial charge in [-0.25, -0.2) is 9.78 Å². The molecule has 0 radical (unpaired) electrons. The van der Waals surface area contributed by atoms with Crippen molar-refractivity contribution in [3.05, 3.63) is 45.3 Å². The number of anilines is 1. The smallest absolute Gasteiger partial charge is 0.349 e. The number of fused-ring (bicyclic) bond motifs is 1. The number of hydrogen-bond acceptors (Lipinski definition) is 8. The predicted molar refractivity (Wildman–Crippen MR) is 108 cm³/mol. The summed E-state index contributed by atoms with van der Waals surface area (Å²) in [5.41, 5.74) is 9.19. The molecule has 2 aromatic heterocycles. The molecule has 1 unspecified atom stereocenters. The van der Waals surface area contributed by atoms with Gasteiger partial charge in [0.1, 0.15) is 9.71 Å². The van der Waals surface area contributed by atoms with Crippen LogP contribution in [0.4, 0.5) is 5.95 Å². The zero-order valence-corrected chi connectivity index (χ0v) is 17.1. The predicted octanol–water partition coefficient (Wildman–Crippen LogP) is 3.64. The van der Waals surface area contributed by atoms with Crippen LogP contribution in [0.15, 0.2) is 18.2 Å². The number of aryl methyl sites for hydroxylation is 3. The van der Waals surface area contributed by atoms with Crippen LogP contribution < -0.4 is 10.5 Å². The lowest BCUT2D eigenvalue weighted by Crippen LogP contribution is -2.25. The molecule has 8 heteroatoms. The quantitative estimate of drug-likeness (QED) is 0.516. The van der Waals surface area contributed by atoms with Crippen LogP contribution in [0.1, 0.15) is 43.6 Å². The van der Waals surface area contributed by atoms with E-state index in [1.165, 1.54) is 7.11 Å². The summed E-state index contributed by atoms with van der Waals surface area (Å²) >= 11 is 1.11. The van der Waals surface area contributed by atoms with Gasteiger partial charge in [-0.3, -0.25) is 4.79 Å². The van der Waals surface area contributed by atoms with Gasteiger partial charge in [0.15, 0.2) is 6.10 Å². The zero-order valence-electron chi connectivity index (χ0n) is 16.3. The lowest BCUT2D eigenvalue weighted by Gasteiger charge is -2.14. The Balaban J connectivity index is 1.83. The highest BCUT2D eigenvalue weighted by molar-refractivity contribution is 7.20. The van der Waals surface area contributed by atoms with Gasteiger partial charge in [-0.1, -0.05) is 6.07 Å². The largest absolute Gasteiger partial charge is 0.480 e. The number of carbonyl (C=O) groups excluding carboxylic acids is 2. The molecule has 146 valence electrons. The first-order chi connectivity index (χ1) is 13.2. The zero-order chi connectivity index (χ0) is 20.6. The molecule has 0 aliphatic heterocycles. The molecule has 0 bridgehead atoms. The number of aromatic nitrogens is 2. The first-order valence-corrected chi connectivity index (χ1v) is 9.47. The number of nitrogens with zero attached hydrogens (tertiary/aromatic N) is 2. The van der Waals surface area contributed by atoms with Gasteiger partial charge >= 0.3 is 5.97 Å². The van der Waals surface area contributed by atoms with Crippen LogP contribution in [-0.4, -0.2) is 34.9 Å². The third-order valence-corrected chi connectivity index (χ3v) is 5.54. The van der Waals surface area contributed by atoms with E-state index in [1.54, 1.807) is 13.0 Å². The summed E-state index contributed by atoms with van der Waals surface area (Å²) in [6.45, 7) is 7.38. The third-order valence-electron chi connectivity index (χ3n) is 4.53. The number of rotatable bonds is 5. The molecular formula is C20H21N3O4S. The summed E-state index contributed by atoms with van der Waals surface area (Å²) in [6.07, 6.45) is -0.920. The minimum absolute atomic E-state index is 0.0554. The minimum atomic E-state index is -0.920. The molecule has 3 aromatic rings. The summed E-state index contributed by atoms with van der Waals surface area (Å²) in [7, 11) is 1.46. The highest BCUT2D eigenvalue weighted by Crippen LogP contribution is 2.31. The van der Waals surface area contributed by atoms with E-state index in [0.717, 1.165) is 28.0 Å². The number of benzene rings is 1. The number of Topliss-reactive ketones (excluding diaryl/α,β-unsaturated/α-hetero) is 1. The fourth-order valence-electron chi connectivity index (χ4n) is 2.88. The highest BCUT2D eigenvalue weighted by Gasteiger charge is 2.24. The fraction of sp³-hybridized carbons (Fsp3) is 0.300. The number of ketones is 1. The Bertz CT molecular complexity index is 1090. The van der Waals surface area contributed by atoms with Crippen molar-refractivity contribution in [3.63, 3.8) is 0 Å². The maximum absolute atomic E-state index is 12.8. The molecule has 28 heavy (non-hydrogen) atoms. The molecule has 1 aromatic carbocycles. The summed E-state index contributed by atoms with van der Waals surface area (Å²) in [5.74, 6) is -0.504. The number of nitrogen functional groups attached to an aromatic ring is 1. The van der Waals surface area contributed by atoms with Crippen LogP contribution in [0.2, 0.25) is 0 Å². The average Bonchev–Trinajstić information content (AvgIpc) is 3.07. The maximum atomic E-state index is 12.8. The Morgan fingerprint density at radius 2 is 1.75 bits per heavy atom. The molecule has 2 heterocycles. The molecule has 0 spiro atoms. The van der Waals surface area contributed by atoms with E-state index in [1.807, 2.05) is 32.9 Å². The number of nitrogens with two attached hydrogens (primary N) is 1. The molecule has 2 N–H and O–H groups in total. The van der Waals surface area contributed by atoms with Crippen LogP contribution in [-0.2, 0) is 4.74 Å². The summed E-state index contributed by atoms with van der Waals surface area (Å²) in [4.78, 5) is 34.3. The Kier molecular flexibility index (Phi) is 5.33. The van der Waals surface area contributed by atoms with Crippen LogP contribution in [0, 0.1) is 20.8 Å². The first kappa shape index (κ1) is 19.8.